The summed E-state index contributed by atoms with van der Waals surface area (Å²) >= 11 is 1.84. The zero-order chi connectivity index (χ0) is 23.7. The molecule has 6 nitrogen and oxygen atoms in total. The number of furan rings is 1. The monoisotopic (exact) mass is 477 g/mol. The second kappa shape index (κ2) is 9.76. The summed E-state index contributed by atoms with van der Waals surface area (Å²) in [5.41, 5.74) is 4.00. The molecule has 0 N–H and O–H groups in total. The maximum atomic E-state index is 13.2. The van der Waals surface area contributed by atoms with E-state index in [1.165, 1.54) is 27.8 Å². The van der Waals surface area contributed by atoms with Crippen molar-refractivity contribution < 1.29 is 14.0 Å². The van der Waals surface area contributed by atoms with Crippen LogP contribution < -0.4 is 0 Å². The standard InChI is InChI=1S/C27H31N3O3S/c1-19-6-3-4-7-21(19)26-22-11-17-34-24(22)9-12-28(26)13-10-25(31)29-14-15-30(20(2)18-29)27(32)23-8-5-16-33-23/h3-8,11,16-17,20,26H,9-10,12-15,18H2,1-2H3/t20-,26-/m0/s1. The van der Waals surface area contributed by atoms with Crippen LogP contribution in [-0.4, -0.2) is 65.3 Å². The van der Waals surface area contributed by atoms with Crippen molar-refractivity contribution in [1.82, 2.24) is 14.7 Å². The van der Waals surface area contributed by atoms with E-state index in [1.54, 1.807) is 17.0 Å². The molecular weight excluding hydrogens is 446 g/mol. The highest BCUT2D eigenvalue weighted by atomic mass is 32.1. The highest BCUT2D eigenvalue weighted by Crippen LogP contribution is 2.38. The van der Waals surface area contributed by atoms with Crippen LogP contribution >= 0.6 is 11.3 Å². The van der Waals surface area contributed by atoms with Gasteiger partial charge in [0.15, 0.2) is 5.76 Å². The van der Waals surface area contributed by atoms with Gasteiger partial charge in [0.25, 0.3) is 5.91 Å². The Labute approximate surface area is 204 Å². The first kappa shape index (κ1) is 22.9. The van der Waals surface area contributed by atoms with E-state index in [4.69, 9.17) is 4.42 Å². The lowest BCUT2D eigenvalue weighted by Crippen LogP contribution is -2.55. The van der Waals surface area contributed by atoms with Crippen LogP contribution in [0.5, 0.6) is 0 Å². The van der Waals surface area contributed by atoms with Gasteiger partial charge in [-0.1, -0.05) is 24.3 Å². The van der Waals surface area contributed by atoms with Crippen LogP contribution in [0.3, 0.4) is 0 Å². The van der Waals surface area contributed by atoms with E-state index in [-0.39, 0.29) is 23.9 Å². The summed E-state index contributed by atoms with van der Waals surface area (Å²) in [4.78, 5) is 33.5. The molecule has 7 heteroatoms. The Hall–Kier alpha value is -2.90. The lowest BCUT2D eigenvalue weighted by molar-refractivity contribution is -0.134. The molecule has 0 spiro atoms. The number of carbonyl (C=O) groups excluding carboxylic acids is 2. The van der Waals surface area contributed by atoms with Gasteiger partial charge in [-0.15, -0.1) is 11.3 Å². The molecule has 0 saturated carbocycles. The van der Waals surface area contributed by atoms with Gasteiger partial charge in [0.05, 0.1) is 12.3 Å². The lowest BCUT2D eigenvalue weighted by Gasteiger charge is -2.40. The Kier molecular flexibility index (Phi) is 6.57. The summed E-state index contributed by atoms with van der Waals surface area (Å²) in [5, 5.41) is 2.19. The first-order valence-corrected chi connectivity index (χ1v) is 12.9. The number of nitrogens with zero attached hydrogens (tertiary/aromatic N) is 3. The number of benzene rings is 1. The minimum atomic E-state index is -0.106. The summed E-state index contributed by atoms with van der Waals surface area (Å²) < 4.78 is 5.27. The highest BCUT2D eigenvalue weighted by molar-refractivity contribution is 7.10. The fraction of sp³-hybridized carbons (Fsp3) is 0.407. The van der Waals surface area contributed by atoms with Gasteiger partial charge in [0, 0.05) is 50.1 Å². The van der Waals surface area contributed by atoms with Crippen LogP contribution in [0.1, 0.15) is 51.5 Å². The van der Waals surface area contributed by atoms with E-state index >= 15 is 0 Å². The SMILES string of the molecule is Cc1ccccc1[C@H]1c2ccsc2CCN1CCC(=O)N1CCN(C(=O)c2ccco2)[C@@H](C)C1. The largest absolute Gasteiger partial charge is 0.459 e. The number of carbonyl (C=O) groups is 2. The topological polar surface area (TPSA) is 57.0 Å². The summed E-state index contributed by atoms with van der Waals surface area (Å²) in [6.07, 6.45) is 3.04. The Morgan fingerprint density at radius 3 is 2.68 bits per heavy atom. The average Bonchev–Trinajstić information content (AvgIpc) is 3.54. The van der Waals surface area contributed by atoms with Crippen LogP contribution in [-0.2, 0) is 11.2 Å². The molecule has 1 saturated heterocycles. The molecule has 1 aromatic carbocycles. The molecule has 0 radical (unpaired) electrons. The van der Waals surface area contributed by atoms with Crippen molar-refractivity contribution in [2.24, 2.45) is 0 Å². The van der Waals surface area contributed by atoms with Crippen LogP contribution in [0.2, 0.25) is 0 Å². The molecule has 2 amide bonds. The number of thiophene rings is 1. The van der Waals surface area contributed by atoms with Crippen LogP contribution in [0.25, 0.3) is 0 Å². The fourth-order valence-electron chi connectivity index (χ4n) is 5.29. The van der Waals surface area contributed by atoms with Crippen molar-refractivity contribution in [2.45, 2.75) is 38.8 Å². The van der Waals surface area contributed by atoms with Crippen molar-refractivity contribution in [3.8, 4) is 0 Å². The molecular formula is C27H31N3O3S. The Morgan fingerprint density at radius 2 is 1.91 bits per heavy atom. The minimum Gasteiger partial charge on any atom is -0.459 e. The second-order valence-corrected chi connectivity index (χ2v) is 10.3. The molecule has 0 aliphatic carbocycles. The predicted octanol–water partition coefficient (Wildman–Crippen LogP) is 4.36. The van der Waals surface area contributed by atoms with Crippen molar-refractivity contribution in [3.05, 3.63) is 81.4 Å². The van der Waals surface area contributed by atoms with E-state index < -0.39 is 0 Å². The molecule has 4 heterocycles. The van der Waals surface area contributed by atoms with E-state index in [2.05, 4.69) is 47.5 Å². The van der Waals surface area contributed by atoms with Crippen molar-refractivity contribution in [3.63, 3.8) is 0 Å². The van der Waals surface area contributed by atoms with Crippen LogP contribution in [0.15, 0.2) is 58.5 Å². The number of aryl methyl sites for hydroxylation is 1. The molecule has 178 valence electrons. The van der Waals surface area contributed by atoms with Gasteiger partial charge < -0.3 is 14.2 Å². The smallest absolute Gasteiger partial charge is 0.289 e. The Balaban J connectivity index is 1.24. The summed E-state index contributed by atoms with van der Waals surface area (Å²) in [7, 11) is 0. The number of piperazine rings is 1. The molecule has 2 atom stereocenters. The first-order valence-electron chi connectivity index (χ1n) is 12.0. The van der Waals surface area contributed by atoms with Gasteiger partial charge in [-0.05, 0) is 60.5 Å². The molecule has 0 bridgehead atoms. The number of fused-ring (bicyclic) bond motifs is 1. The highest BCUT2D eigenvalue weighted by Gasteiger charge is 2.33. The third-order valence-electron chi connectivity index (χ3n) is 7.13. The summed E-state index contributed by atoms with van der Waals surface area (Å²) in [6, 6.07) is 14.4. The van der Waals surface area contributed by atoms with Crippen LogP contribution in [0, 0.1) is 6.92 Å². The summed E-state index contributed by atoms with van der Waals surface area (Å²) in [5.74, 6) is 0.411. The van der Waals surface area contributed by atoms with Gasteiger partial charge in [-0.25, -0.2) is 0 Å². The van der Waals surface area contributed by atoms with Gasteiger partial charge in [-0.3, -0.25) is 14.5 Å². The number of rotatable bonds is 5. The fourth-order valence-corrected chi connectivity index (χ4v) is 6.20. The van der Waals surface area contributed by atoms with Crippen LogP contribution in [0.4, 0.5) is 0 Å². The summed E-state index contributed by atoms with van der Waals surface area (Å²) in [6.45, 7) is 7.50. The molecule has 1 fully saturated rings. The first-order chi connectivity index (χ1) is 16.5. The lowest BCUT2D eigenvalue weighted by atomic mass is 9.90. The number of hydrogen-bond donors (Lipinski definition) is 0. The van der Waals surface area contributed by atoms with Gasteiger partial charge in [0.1, 0.15) is 0 Å². The normalized spacial score (nSPS) is 20.9. The van der Waals surface area contributed by atoms with Gasteiger partial charge >= 0.3 is 0 Å². The Bertz CT molecular complexity index is 1160. The van der Waals surface area contributed by atoms with Crippen molar-refractivity contribution in [2.75, 3.05) is 32.7 Å². The van der Waals surface area contributed by atoms with Gasteiger partial charge in [-0.2, -0.15) is 0 Å². The number of amides is 2. The number of hydrogen-bond acceptors (Lipinski definition) is 5. The van der Waals surface area contributed by atoms with E-state index in [9.17, 15) is 9.59 Å². The predicted molar refractivity (Wildman–Crippen MR) is 133 cm³/mol. The minimum absolute atomic E-state index is 0.0432. The molecule has 2 aliphatic rings. The molecule has 0 unspecified atom stereocenters. The molecule has 3 aromatic rings. The van der Waals surface area contributed by atoms with E-state index in [0.717, 1.165) is 19.5 Å². The molecule has 34 heavy (non-hydrogen) atoms. The molecule has 5 rings (SSSR count). The average molecular weight is 478 g/mol. The van der Waals surface area contributed by atoms with E-state index in [1.807, 2.05) is 23.2 Å². The van der Waals surface area contributed by atoms with E-state index in [0.29, 0.717) is 31.8 Å². The third kappa shape index (κ3) is 4.42. The second-order valence-electron chi connectivity index (χ2n) is 9.26. The zero-order valence-corrected chi connectivity index (χ0v) is 20.6. The Morgan fingerprint density at radius 1 is 1.06 bits per heavy atom. The quantitative estimate of drug-likeness (QED) is 0.548. The van der Waals surface area contributed by atoms with Crippen molar-refractivity contribution >= 4 is 23.2 Å². The molecule has 2 aromatic heterocycles. The third-order valence-corrected chi connectivity index (χ3v) is 8.13. The van der Waals surface area contributed by atoms with Crippen molar-refractivity contribution in [1.29, 1.82) is 0 Å². The maximum absolute atomic E-state index is 13.2. The van der Waals surface area contributed by atoms with Gasteiger partial charge in [0.2, 0.25) is 5.91 Å². The maximum Gasteiger partial charge on any atom is 0.289 e. The molecule has 2 aliphatic heterocycles. The zero-order valence-electron chi connectivity index (χ0n) is 19.8.